The van der Waals surface area contributed by atoms with Gasteiger partial charge < -0.3 is 0 Å². The molecule has 0 spiro atoms. The topological polar surface area (TPSA) is 61.4 Å². The van der Waals surface area contributed by atoms with Gasteiger partial charge >= 0.3 is 0 Å². The third kappa shape index (κ3) is 3.37. The third-order valence-electron chi connectivity index (χ3n) is 4.08. The third-order valence-corrected chi connectivity index (χ3v) is 4.80. The molecule has 0 atom stereocenters. The molecule has 0 aliphatic rings. The van der Waals surface area contributed by atoms with Gasteiger partial charge in [-0.05, 0) is 28.5 Å². The van der Waals surface area contributed by atoms with E-state index in [1.165, 1.54) is 22.1 Å². The number of benzene rings is 3. The van der Waals surface area contributed by atoms with Gasteiger partial charge in [0.25, 0.3) is 0 Å². The Hall–Kier alpha value is -3.36. The Labute approximate surface area is 155 Å². The molecule has 4 aromatic rings. The summed E-state index contributed by atoms with van der Waals surface area (Å²) < 4.78 is 0. The molecule has 0 radical (unpaired) electrons. The Kier molecular flexibility index (Phi) is 4.50. The predicted octanol–water partition coefficient (Wildman–Crippen LogP) is 6.12. The summed E-state index contributed by atoms with van der Waals surface area (Å²) in [6.45, 7) is 0.521. The molecule has 4 rings (SSSR count). The standard InChI is InChI=1S/C21H14N4S/c22-12-15-8-10-17(11-9-15)20-14-26-21(24-20)25-23-13-18-6-3-5-16-4-1-2-7-19(16)18/h1-11,14H,13H2. The highest BCUT2D eigenvalue weighted by Crippen LogP contribution is 2.27. The quantitative estimate of drug-likeness (QED) is 0.414. The van der Waals surface area contributed by atoms with Gasteiger partial charge in [-0.3, -0.25) is 0 Å². The van der Waals surface area contributed by atoms with Gasteiger partial charge in [0.15, 0.2) is 0 Å². The first-order chi connectivity index (χ1) is 12.8. The maximum Gasteiger partial charge on any atom is 0.230 e. The van der Waals surface area contributed by atoms with Crippen LogP contribution in [0.1, 0.15) is 11.1 Å². The number of fused-ring (bicyclic) bond motifs is 1. The van der Waals surface area contributed by atoms with Crippen LogP contribution in [0.25, 0.3) is 22.0 Å². The van der Waals surface area contributed by atoms with Gasteiger partial charge in [0, 0.05) is 10.9 Å². The van der Waals surface area contributed by atoms with Crippen molar-refractivity contribution in [2.75, 3.05) is 0 Å². The number of nitrogens with zero attached hydrogens (tertiary/aromatic N) is 4. The summed E-state index contributed by atoms with van der Waals surface area (Å²) in [4.78, 5) is 4.50. The first-order valence-corrected chi connectivity index (χ1v) is 9.02. The predicted molar refractivity (Wildman–Crippen MR) is 104 cm³/mol. The molecule has 1 aromatic heterocycles. The molecular formula is C21H14N4S. The first-order valence-electron chi connectivity index (χ1n) is 8.14. The Bertz CT molecular complexity index is 1120. The smallest absolute Gasteiger partial charge is 0.217 e. The highest BCUT2D eigenvalue weighted by atomic mass is 32.1. The monoisotopic (exact) mass is 354 g/mol. The average Bonchev–Trinajstić information content (AvgIpc) is 3.17. The largest absolute Gasteiger partial charge is 0.230 e. The Morgan fingerprint density at radius 2 is 1.77 bits per heavy atom. The lowest BCUT2D eigenvalue weighted by molar-refractivity contribution is 0.963. The van der Waals surface area contributed by atoms with Crippen molar-refractivity contribution in [1.82, 2.24) is 4.98 Å². The molecule has 124 valence electrons. The van der Waals surface area contributed by atoms with E-state index >= 15 is 0 Å². The molecule has 0 saturated carbocycles. The lowest BCUT2D eigenvalue weighted by atomic mass is 10.1. The minimum absolute atomic E-state index is 0.521. The molecule has 0 fully saturated rings. The maximum absolute atomic E-state index is 8.87. The lowest BCUT2D eigenvalue weighted by Crippen LogP contribution is -1.83. The average molecular weight is 354 g/mol. The SMILES string of the molecule is N#Cc1ccc(-c2csc(N=NCc3cccc4ccccc34)n2)cc1. The van der Waals surface area contributed by atoms with Gasteiger partial charge in [-0.15, -0.1) is 16.5 Å². The van der Waals surface area contributed by atoms with Crippen LogP contribution in [0.2, 0.25) is 0 Å². The van der Waals surface area contributed by atoms with Crippen molar-refractivity contribution in [3.8, 4) is 17.3 Å². The summed E-state index contributed by atoms with van der Waals surface area (Å²) in [5.41, 5.74) is 3.60. The summed E-state index contributed by atoms with van der Waals surface area (Å²) in [6.07, 6.45) is 0. The molecule has 0 aliphatic heterocycles. The number of hydrogen-bond acceptors (Lipinski definition) is 5. The second-order valence-corrected chi connectivity index (χ2v) is 6.58. The van der Waals surface area contributed by atoms with E-state index in [0.29, 0.717) is 17.2 Å². The minimum atomic E-state index is 0.521. The van der Waals surface area contributed by atoms with Crippen LogP contribution in [0.5, 0.6) is 0 Å². The zero-order valence-electron chi connectivity index (χ0n) is 13.8. The molecule has 0 unspecified atom stereocenters. The van der Waals surface area contributed by atoms with E-state index in [0.717, 1.165) is 16.8 Å². The molecular weight excluding hydrogens is 340 g/mol. The second-order valence-electron chi connectivity index (χ2n) is 5.74. The molecule has 3 aromatic carbocycles. The molecule has 4 nitrogen and oxygen atoms in total. The van der Waals surface area contributed by atoms with Crippen LogP contribution in [0.3, 0.4) is 0 Å². The van der Waals surface area contributed by atoms with Crippen LogP contribution in [0.15, 0.2) is 82.3 Å². The van der Waals surface area contributed by atoms with Crippen molar-refractivity contribution in [3.05, 3.63) is 83.2 Å². The molecule has 0 N–H and O–H groups in total. The second kappa shape index (κ2) is 7.26. The molecule has 26 heavy (non-hydrogen) atoms. The van der Waals surface area contributed by atoms with Crippen molar-refractivity contribution in [2.45, 2.75) is 6.54 Å². The van der Waals surface area contributed by atoms with E-state index < -0.39 is 0 Å². The van der Waals surface area contributed by atoms with Crippen molar-refractivity contribution in [3.63, 3.8) is 0 Å². The summed E-state index contributed by atoms with van der Waals surface area (Å²) in [5.74, 6) is 0. The lowest BCUT2D eigenvalue weighted by Gasteiger charge is -2.02. The minimum Gasteiger partial charge on any atom is -0.217 e. The molecule has 5 heteroatoms. The van der Waals surface area contributed by atoms with Gasteiger partial charge in [0.2, 0.25) is 5.13 Å². The Morgan fingerprint density at radius 1 is 0.962 bits per heavy atom. The molecule has 0 amide bonds. The number of aromatic nitrogens is 1. The number of rotatable bonds is 4. The van der Waals surface area contributed by atoms with Gasteiger partial charge in [-0.1, -0.05) is 54.6 Å². The van der Waals surface area contributed by atoms with Crippen molar-refractivity contribution in [1.29, 1.82) is 5.26 Å². The maximum atomic E-state index is 8.87. The summed E-state index contributed by atoms with van der Waals surface area (Å²) >= 11 is 1.46. The number of nitriles is 1. The molecule has 0 saturated heterocycles. The van der Waals surface area contributed by atoms with Gasteiger partial charge in [0.05, 0.1) is 23.9 Å². The molecule has 0 bridgehead atoms. The van der Waals surface area contributed by atoms with Crippen LogP contribution >= 0.6 is 11.3 Å². The van der Waals surface area contributed by atoms with E-state index in [1.807, 2.05) is 35.7 Å². The number of azo groups is 1. The Balaban J connectivity index is 1.51. The summed E-state index contributed by atoms with van der Waals surface area (Å²) in [6, 6.07) is 24.0. The van der Waals surface area contributed by atoms with Gasteiger partial charge in [-0.2, -0.15) is 10.4 Å². The zero-order valence-corrected chi connectivity index (χ0v) is 14.6. The summed E-state index contributed by atoms with van der Waals surface area (Å²) in [5, 5.41) is 22.5. The molecule has 1 heterocycles. The fourth-order valence-corrected chi connectivity index (χ4v) is 3.42. The normalized spacial score (nSPS) is 11.0. The van der Waals surface area contributed by atoms with Crippen molar-refractivity contribution < 1.29 is 0 Å². The number of hydrogen-bond donors (Lipinski definition) is 0. The Morgan fingerprint density at radius 3 is 2.62 bits per heavy atom. The van der Waals surface area contributed by atoms with Crippen LogP contribution < -0.4 is 0 Å². The van der Waals surface area contributed by atoms with Crippen LogP contribution in [-0.4, -0.2) is 4.98 Å². The highest BCUT2D eigenvalue weighted by molar-refractivity contribution is 7.13. The van der Waals surface area contributed by atoms with Gasteiger partial charge in [0.1, 0.15) is 0 Å². The van der Waals surface area contributed by atoms with Crippen molar-refractivity contribution in [2.24, 2.45) is 10.2 Å². The van der Waals surface area contributed by atoms with E-state index in [9.17, 15) is 0 Å². The highest BCUT2D eigenvalue weighted by Gasteiger charge is 2.04. The first kappa shape index (κ1) is 16.1. The summed E-state index contributed by atoms with van der Waals surface area (Å²) in [7, 11) is 0. The van der Waals surface area contributed by atoms with Crippen LogP contribution in [0, 0.1) is 11.3 Å². The van der Waals surface area contributed by atoms with Gasteiger partial charge in [-0.25, -0.2) is 4.98 Å². The van der Waals surface area contributed by atoms with Crippen LogP contribution in [-0.2, 0) is 6.54 Å². The van der Waals surface area contributed by atoms with Crippen molar-refractivity contribution >= 4 is 27.2 Å². The fourth-order valence-electron chi connectivity index (χ4n) is 2.76. The van der Waals surface area contributed by atoms with E-state index in [1.54, 1.807) is 12.1 Å². The fraction of sp³-hybridized carbons (Fsp3) is 0.0476. The van der Waals surface area contributed by atoms with Crippen LogP contribution in [0.4, 0.5) is 5.13 Å². The number of thiazole rings is 1. The van der Waals surface area contributed by atoms with E-state index in [4.69, 9.17) is 5.26 Å². The van der Waals surface area contributed by atoms with E-state index in [-0.39, 0.29) is 0 Å². The van der Waals surface area contributed by atoms with E-state index in [2.05, 4.69) is 45.5 Å². The molecule has 0 aliphatic carbocycles. The zero-order chi connectivity index (χ0) is 17.8.